The Morgan fingerprint density at radius 3 is 1.94 bits per heavy atom. The van der Waals surface area contributed by atoms with E-state index in [1.165, 1.54) is 63.9 Å². The normalized spacial score (nSPS) is 39.0. The number of allylic oxidation sites excluding steroid dienone is 2. The van der Waals surface area contributed by atoms with Gasteiger partial charge in [0.1, 0.15) is 22.6 Å². The number of ketones is 2. The summed E-state index contributed by atoms with van der Waals surface area (Å²) in [7, 11) is 4.58. The Labute approximate surface area is 375 Å². The predicted octanol–water partition coefficient (Wildman–Crippen LogP) is 7.90. The smallest absolute Gasteiger partial charge is 0.155 e. The molecule has 1 unspecified atom stereocenters. The van der Waals surface area contributed by atoms with Gasteiger partial charge in [0.25, 0.3) is 0 Å². The molecule has 0 aromatic rings. The van der Waals surface area contributed by atoms with Gasteiger partial charge in [-0.05, 0) is 174 Å². The van der Waals surface area contributed by atoms with E-state index in [0.717, 1.165) is 90.4 Å². The second kappa shape index (κ2) is 21.8. The highest BCUT2D eigenvalue weighted by atomic mass is 16.6. The van der Waals surface area contributed by atoms with Crippen LogP contribution in [-0.4, -0.2) is 147 Å². The van der Waals surface area contributed by atoms with E-state index in [-0.39, 0.29) is 58.3 Å². The number of epoxide rings is 4. The maximum Gasteiger partial charge on any atom is 0.155 e. The lowest BCUT2D eigenvalue weighted by atomic mass is 9.64. The minimum absolute atomic E-state index is 0.0535. The molecule has 6 aliphatic heterocycles. The summed E-state index contributed by atoms with van der Waals surface area (Å²) >= 11 is 0. The van der Waals surface area contributed by atoms with Crippen molar-refractivity contribution in [3.8, 4) is 0 Å². The second-order valence-electron chi connectivity index (χ2n) is 21.1. The number of carbonyl (C=O) groups is 2. The summed E-state index contributed by atoms with van der Waals surface area (Å²) in [5, 5.41) is 7.00. The van der Waals surface area contributed by atoms with Gasteiger partial charge in [0.05, 0.1) is 49.1 Å². The van der Waals surface area contributed by atoms with Gasteiger partial charge in [0, 0.05) is 46.5 Å². The average Bonchev–Trinajstić information content (AvgIpc) is 4.23. The van der Waals surface area contributed by atoms with Crippen LogP contribution in [0.25, 0.3) is 0 Å². The number of hydrogen-bond acceptors (Lipinski definition) is 11. The molecule has 11 heteroatoms. The Bertz CT molecular complexity index is 1520. The summed E-state index contributed by atoms with van der Waals surface area (Å²) in [5.74, 6) is 2.01. The van der Waals surface area contributed by atoms with Crippen LogP contribution in [0.2, 0.25) is 0 Å². The number of rotatable bonds is 20. The van der Waals surface area contributed by atoms with E-state index in [2.05, 4.69) is 57.4 Å². The average molecular weight is 871 g/mol. The monoisotopic (exact) mass is 871 g/mol. The van der Waals surface area contributed by atoms with Crippen molar-refractivity contribution in [1.82, 2.24) is 9.80 Å². The Kier molecular flexibility index (Phi) is 17.6. The van der Waals surface area contributed by atoms with Gasteiger partial charge >= 0.3 is 0 Å². The number of ether oxygens (including phenoxy) is 6. The third-order valence-electron chi connectivity index (χ3n) is 15.9. The number of aliphatic hydroxyl groups excluding tert-OH is 1. The molecule has 0 amide bonds. The summed E-state index contributed by atoms with van der Waals surface area (Å²) in [4.78, 5) is 30.5. The molecule has 1 N–H and O–H groups in total. The maximum atomic E-state index is 12.8. The Balaban J connectivity index is 0.000000199. The van der Waals surface area contributed by atoms with Gasteiger partial charge in [0.2, 0.25) is 0 Å². The lowest BCUT2D eigenvalue weighted by molar-refractivity contribution is -0.126. The predicted molar refractivity (Wildman–Crippen MR) is 243 cm³/mol. The van der Waals surface area contributed by atoms with Crippen LogP contribution < -0.4 is 0 Å². The van der Waals surface area contributed by atoms with Gasteiger partial charge in [-0.3, -0.25) is 9.59 Å². The van der Waals surface area contributed by atoms with E-state index in [1.54, 1.807) is 7.11 Å². The summed E-state index contributed by atoms with van der Waals surface area (Å²) in [6, 6.07) is 0. The molecule has 8 fully saturated rings. The molecule has 6 heterocycles. The van der Waals surface area contributed by atoms with Gasteiger partial charge in [0.15, 0.2) is 5.78 Å². The van der Waals surface area contributed by atoms with Crippen molar-refractivity contribution in [2.75, 3.05) is 73.8 Å². The molecular weight excluding hydrogens is 785 g/mol. The lowest BCUT2D eigenvalue weighted by Crippen LogP contribution is -2.53. The third kappa shape index (κ3) is 12.1. The van der Waals surface area contributed by atoms with E-state index < -0.39 is 0 Å². The zero-order valence-electron chi connectivity index (χ0n) is 40.4. The van der Waals surface area contributed by atoms with Crippen LogP contribution in [0.4, 0.5) is 0 Å². The van der Waals surface area contributed by atoms with Crippen LogP contribution in [0, 0.1) is 23.7 Å². The molecule has 6 saturated heterocycles. The molecule has 11 atom stereocenters. The van der Waals surface area contributed by atoms with Gasteiger partial charge in [-0.25, -0.2) is 0 Å². The Morgan fingerprint density at radius 2 is 1.39 bits per heavy atom. The fraction of sp³-hybridized carbons (Fsp3) is 0.882. The summed E-state index contributed by atoms with van der Waals surface area (Å²) in [6.45, 7) is 21.8. The number of nitrogens with zero attached hydrogens (tertiary/aromatic N) is 2. The molecule has 2 saturated carbocycles. The first-order valence-corrected chi connectivity index (χ1v) is 24.7. The van der Waals surface area contributed by atoms with Gasteiger partial charge in [-0.2, -0.15) is 0 Å². The summed E-state index contributed by atoms with van der Waals surface area (Å²) in [6.07, 6.45) is 20.9. The van der Waals surface area contributed by atoms with Crippen LogP contribution in [0.15, 0.2) is 23.3 Å². The number of carbonyl (C=O) groups excluding carboxylic acids is 2. The third-order valence-corrected chi connectivity index (χ3v) is 15.9. The molecule has 0 radical (unpaired) electrons. The van der Waals surface area contributed by atoms with Crippen molar-refractivity contribution in [2.45, 2.75) is 191 Å². The zero-order valence-corrected chi connectivity index (χ0v) is 40.4. The maximum absolute atomic E-state index is 12.8. The van der Waals surface area contributed by atoms with Gasteiger partial charge in [-0.1, -0.05) is 25.5 Å². The fourth-order valence-corrected chi connectivity index (χ4v) is 12.2. The van der Waals surface area contributed by atoms with Crippen LogP contribution in [0.5, 0.6) is 0 Å². The summed E-state index contributed by atoms with van der Waals surface area (Å²) in [5.41, 5.74) is 1.83. The van der Waals surface area contributed by atoms with Crippen LogP contribution in [0.3, 0.4) is 0 Å². The number of aliphatic hydroxyl groups is 1. The Morgan fingerprint density at radius 1 is 0.823 bits per heavy atom. The molecular formula is C51H86N2O9. The first-order valence-electron chi connectivity index (χ1n) is 24.7. The van der Waals surface area contributed by atoms with Crippen LogP contribution in [0.1, 0.15) is 144 Å². The first-order chi connectivity index (χ1) is 29.8. The largest absolute Gasteiger partial charge is 0.400 e. The van der Waals surface area contributed by atoms with Crippen molar-refractivity contribution >= 4 is 11.6 Å². The molecule has 11 nitrogen and oxygen atoms in total. The Hall–Kier alpha value is -1.54. The van der Waals surface area contributed by atoms with E-state index >= 15 is 0 Å². The fourth-order valence-electron chi connectivity index (χ4n) is 12.2. The minimum atomic E-state index is -0.249. The second-order valence-corrected chi connectivity index (χ2v) is 21.1. The number of methoxy groups -OCH3 is 2. The van der Waals surface area contributed by atoms with Crippen molar-refractivity contribution in [2.24, 2.45) is 23.7 Å². The van der Waals surface area contributed by atoms with E-state index in [1.807, 2.05) is 13.2 Å². The number of likely N-dealkylation sites (tertiary alicyclic amines) is 2. The highest BCUT2D eigenvalue weighted by Gasteiger charge is 2.72. The molecule has 2 aliphatic carbocycles. The SMILES string of the molecule is CO.CO[C@@H]1C(=CC(=O)CCCN2CCCC2)CC[C@]2(CO2)[C@H]1[C@@]1(C)O[C@@H]1CC=C(C)C.CO[C@@H]1C(CC(=O)CCCN2CCCC2)CC[C@]2(CO2)[C@H]1[C@@]1(C)O[C@@H]1CCC(C)C. The number of hydrogen-bond donors (Lipinski definition) is 1. The standard InChI is InChI=1S/C25H43NO4.C25H39NO4.CH4O/c2*1-18(2)9-10-21-24(3,30-21)23-22(28-4)19(11-12-25(23)17-29-25)16-20(27)8-7-15-26-13-5-6-14-26;1-2/h18-19,21-23H,5-17H2,1-4H3;9,16,21-23H,5-8,10-15,17H2,1-4H3;2H,1H3/t19?,21-,22-,23-,24+,25+;21-,22-,23-,24+,25+;/m11./s1. The molecule has 0 bridgehead atoms. The quantitative estimate of drug-likeness (QED) is 0.0729. The van der Waals surface area contributed by atoms with E-state index in [4.69, 9.17) is 33.5 Å². The van der Waals surface area contributed by atoms with Gasteiger partial charge in [-0.15, -0.1) is 0 Å². The van der Waals surface area contributed by atoms with Crippen LogP contribution in [-0.2, 0) is 38.0 Å². The first kappa shape index (κ1) is 49.9. The molecule has 62 heavy (non-hydrogen) atoms. The molecule has 354 valence electrons. The zero-order chi connectivity index (χ0) is 44.7. The number of Topliss-reactive ketones (excluding diaryl/α,β-unsaturated/α-hetero) is 1. The topological polar surface area (TPSA) is 129 Å². The van der Waals surface area contributed by atoms with Crippen molar-refractivity contribution in [3.63, 3.8) is 0 Å². The van der Waals surface area contributed by atoms with Crippen molar-refractivity contribution < 1.29 is 43.1 Å². The van der Waals surface area contributed by atoms with Gasteiger partial charge < -0.3 is 43.3 Å². The van der Waals surface area contributed by atoms with Crippen molar-refractivity contribution in [1.29, 1.82) is 0 Å². The van der Waals surface area contributed by atoms with E-state index in [0.29, 0.717) is 43.0 Å². The molecule has 0 aromatic heterocycles. The molecule has 2 spiro atoms. The molecule has 0 aromatic carbocycles. The van der Waals surface area contributed by atoms with Crippen LogP contribution >= 0.6 is 0 Å². The minimum Gasteiger partial charge on any atom is -0.400 e. The highest BCUT2D eigenvalue weighted by Crippen LogP contribution is 2.62. The molecule has 8 rings (SSSR count). The highest BCUT2D eigenvalue weighted by molar-refractivity contribution is 5.90. The van der Waals surface area contributed by atoms with Crippen molar-refractivity contribution in [3.05, 3.63) is 23.3 Å². The summed E-state index contributed by atoms with van der Waals surface area (Å²) < 4.78 is 36.7. The molecule has 8 aliphatic rings. The lowest BCUT2D eigenvalue weighted by Gasteiger charge is -2.43. The van der Waals surface area contributed by atoms with E-state index in [9.17, 15) is 9.59 Å².